The average Bonchev–Trinajstić information content (AvgIpc) is 2.41. The van der Waals surface area contributed by atoms with E-state index in [1.165, 1.54) is 0 Å². The maximum absolute atomic E-state index is 11.7. The summed E-state index contributed by atoms with van der Waals surface area (Å²) in [6.07, 6.45) is 1.66. The summed E-state index contributed by atoms with van der Waals surface area (Å²) in [6, 6.07) is 0. The second-order valence-electron chi connectivity index (χ2n) is 4.64. The molecule has 0 aromatic carbocycles. The maximum Gasteiger partial charge on any atom is 0.236 e. The van der Waals surface area contributed by atoms with Gasteiger partial charge in [-0.2, -0.15) is 0 Å². The molecule has 0 aromatic rings. The molecule has 92 valence electrons. The molecule has 1 unspecified atom stereocenters. The van der Waals surface area contributed by atoms with Gasteiger partial charge in [0, 0.05) is 13.1 Å². The van der Waals surface area contributed by atoms with E-state index in [1.807, 2.05) is 4.90 Å². The van der Waals surface area contributed by atoms with Crippen molar-refractivity contribution in [3.8, 4) is 0 Å². The van der Waals surface area contributed by atoms with E-state index in [2.05, 4.69) is 5.32 Å². The van der Waals surface area contributed by atoms with Crippen LogP contribution in [-0.2, 0) is 14.6 Å². The largest absolute Gasteiger partial charge is 0.341 e. The lowest BCUT2D eigenvalue weighted by Crippen LogP contribution is -2.38. The summed E-state index contributed by atoms with van der Waals surface area (Å²) >= 11 is 0. The lowest BCUT2D eigenvalue weighted by atomic mass is 10.1. The van der Waals surface area contributed by atoms with Crippen LogP contribution in [0.1, 0.15) is 12.8 Å². The number of hydrogen-bond donors (Lipinski definition) is 1. The minimum atomic E-state index is -2.83. The van der Waals surface area contributed by atoms with E-state index in [0.29, 0.717) is 19.5 Å². The number of hydrogen-bond acceptors (Lipinski definition) is 4. The van der Waals surface area contributed by atoms with Crippen LogP contribution in [0, 0.1) is 5.92 Å². The van der Waals surface area contributed by atoms with Crippen molar-refractivity contribution in [2.24, 2.45) is 5.92 Å². The summed E-state index contributed by atoms with van der Waals surface area (Å²) < 4.78 is 22.6. The highest BCUT2D eigenvalue weighted by molar-refractivity contribution is 7.91. The SMILES string of the molecule is O=C1CNCCCN1CC1CCS(=O)(=O)C1. The molecule has 1 amide bonds. The van der Waals surface area contributed by atoms with Crippen LogP contribution in [0.3, 0.4) is 0 Å². The predicted octanol–water partition coefficient (Wildman–Crippen LogP) is -0.757. The van der Waals surface area contributed by atoms with E-state index in [0.717, 1.165) is 19.5 Å². The third-order valence-corrected chi connectivity index (χ3v) is 5.05. The van der Waals surface area contributed by atoms with E-state index >= 15 is 0 Å². The Morgan fingerprint density at radius 2 is 2.25 bits per heavy atom. The second-order valence-corrected chi connectivity index (χ2v) is 6.87. The lowest BCUT2D eigenvalue weighted by Gasteiger charge is -2.23. The zero-order valence-corrected chi connectivity index (χ0v) is 10.1. The zero-order chi connectivity index (χ0) is 11.6. The molecule has 1 atom stereocenters. The fourth-order valence-corrected chi connectivity index (χ4v) is 4.20. The third kappa shape index (κ3) is 2.95. The molecular weight excluding hydrogens is 228 g/mol. The van der Waals surface area contributed by atoms with Crippen LogP contribution < -0.4 is 5.32 Å². The Morgan fingerprint density at radius 3 is 2.94 bits per heavy atom. The summed E-state index contributed by atoms with van der Waals surface area (Å²) in [7, 11) is -2.83. The van der Waals surface area contributed by atoms with Crippen molar-refractivity contribution in [1.82, 2.24) is 10.2 Å². The standard InChI is InChI=1S/C10H18N2O3S/c13-10-6-11-3-1-4-12(10)7-9-2-5-16(14,15)8-9/h9,11H,1-8H2. The average molecular weight is 246 g/mol. The van der Waals surface area contributed by atoms with Crippen molar-refractivity contribution in [2.45, 2.75) is 12.8 Å². The van der Waals surface area contributed by atoms with Crippen molar-refractivity contribution in [3.05, 3.63) is 0 Å². The molecule has 0 saturated carbocycles. The molecule has 0 radical (unpaired) electrons. The van der Waals surface area contributed by atoms with Crippen LogP contribution >= 0.6 is 0 Å². The van der Waals surface area contributed by atoms with Gasteiger partial charge >= 0.3 is 0 Å². The first kappa shape index (κ1) is 11.9. The van der Waals surface area contributed by atoms with Gasteiger partial charge in [-0.15, -0.1) is 0 Å². The predicted molar refractivity (Wildman–Crippen MR) is 60.8 cm³/mol. The van der Waals surface area contributed by atoms with Crippen LogP contribution in [0.4, 0.5) is 0 Å². The lowest BCUT2D eigenvalue weighted by molar-refractivity contribution is -0.130. The van der Waals surface area contributed by atoms with Crippen molar-refractivity contribution in [2.75, 3.05) is 37.7 Å². The first-order valence-corrected chi connectivity index (χ1v) is 7.58. The summed E-state index contributed by atoms with van der Waals surface area (Å²) in [5.41, 5.74) is 0. The monoisotopic (exact) mass is 246 g/mol. The van der Waals surface area contributed by atoms with Gasteiger partial charge in [0.2, 0.25) is 5.91 Å². The Bertz CT molecular complexity index is 366. The molecule has 2 rings (SSSR count). The minimum Gasteiger partial charge on any atom is -0.341 e. The number of nitrogens with one attached hydrogen (secondary N) is 1. The van der Waals surface area contributed by atoms with Crippen molar-refractivity contribution in [1.29, 1.82) is 0 Å². The molecule has 0 aliphatic carbocycles. The Hall–Kier alpha value is -0.620. The van der Waals surface area contributed by atoms with Crippen molar-refractivity contribution >= 4 is 15.7 Å². The first-order valence-electron chi connectivity index (χ1n) is 5.76. The van der Waals surface area contributed by atoms with Crippen molar-refractivity contribution < 1.29 is 13.2 Å². The maximum atomic E-state index is 11.7. The van der Waals surface area contributed by atoms with E-state index in [-0.39, 0.29) is 23.3 Å². The summed E-state index contributed by atoms with van der Waals surface area (Å²) in [6.45, 7) is 2.62. The number of rotatable bonds is 2. The highest BCUT2D eigenvalue weighted by atomic mass is 32.2. The highest BCUT2D eigenvalue weighted by Gasteiger charge is 2.30. The van der Waals surface area contributed by atoms with Crippen LogP contribution in [0.2, 0.25) is 0 Å². The molecule has 2 heterocycles. The van der Waals surface area contributed by atoms with E-state index < -0.39 is 9.84 Å². The number of carbonyl (C=O) groups is 1. The fourth-order valence-electron chi connectivity index (χ4n) is 2.35. The summed E-state index contributed by atoms with van der Waals surface area (Å²) in [4.78, 5) is 13.5. The summed E-state index contributed by atoms with van der Waals surface area (Å²) in [5, 5.41) is 3.06. The van der Waals surface area contributed by atoms with Crippen LogP contribution in [0.5, 0.6) is 0 Å². The van der Waals surface area contributed by atoms with Gasteiger partial charge < -0.3 is 10.2 Å². The third-order valence-electron chi connectivity index (χ3n) is 3.22. The Balaban J connectivity index is 1.91. The van der Waals surface area contributed by atoms with Crippen molar-refractivity contribution in [3.63, 3.8) is 0 Å². The van der Waals surface area contributed by atoms with Crippen LogP contribution in [-0.4, -0.2) is 56.9 Å². The molecule has 5 nitrogen and oxygen atoms in total. The van der Waals surface area contributed by atoms with E-state index in [1.54, 1.807) is 0 Å². The molecule has 2 aliphatic rings. The Morgan fingerprint density at radius 1 is 1.44 bits per heavy atom. The second kappa shape index (κ2) is 4.71. The van der Waals surface area contributed by atoms with Gasteiger partial charge in [-0.3, -0.25) is 4.79 Å². The van der Waals surface area contributed by atoms with Gasteiger partial charge in [0.25, 0.3) is 0 Å². The Kier molecular flexibility index (Phi) is 3.49. The van der Waals surface area contributed by atoms with Gasteiger partial charge in [-0.05, 0) is 25.3 Å². The van der Waals surface area contributed by atoms with Gasteiger partial charge in [-0.25, -0.2) is 8.42 Å². The fraction of sp³-hybridized carbons (Fsp3) is 0.900. The Labute approximate surface area is 96.1 Å². The smallest absolute Gasteiger partial charge is 0.236 e. The van der Waals surface area contributed by atoms with E-state index in [9.17, 15) is 13.2 Å². The van der Waals surface area contributed by atoms with Gasteiger partial charge in [0.15, 0.2) is 9.84 Å². The van der Waals surface area contributed by atoms with Gasteiger partial charge in [-0.1, -0.05) is 0 Å². The number of nitrogens with zero attached hydrogens (tertiary/aromatic N) is 1. The molecule has 0 bridgehead atoms. The van der Waals surface area contributed by atoms with Crippen LogP contribution in [0.25, 0.3) is 0 Å². The number of carbonyl (C=O) groups excluding carboxylic acids is 1. The van der Waals surface area contributed by atoms with Gasteiger partial charge in [0.1, 0.15) is 0 Å². The molecule has 2 fully saturated rings. The topological polar surface area (TPSA) is 66.5 Å². The molecule has 16 heavy (non-hydrogen) atoms. The zero-order valence-electron chi connectivity index (χ0n) is 9.31. The first-order chi connectivity index (χ1) is 7.57. The molecule has 2 saturated heterocycles. The number of sulfone groups is 1. The summed E-state index contributed by atoms with van der Waals surface area (Å²) in [5.74, 6) is 0.788. The quantitative estimate of drug-likeness (QED) is 0.696. The normalized spacial score (nSPS) is 30.4. The van der Waals surface area contributed by atoms with Gasteiger partial charge in [0.05, 0.1) is 18.1 Å². The number of amides is 1. The molecular formula is C10H18N2O3S. The molecule has 6 heteroatoms. The highest BCUT2D eigenvalue weighted by Crippen LogP contribution is 2.19. The molecule has 0 aromatic heterocycles. The van der Waals surface area contributed by atoms with E-state index in [4.69, 9.17) is 0 Å². The van der Waals surface area contributed by atoms with Crippen LogP contribution in [0.15, 0.2) is 0 Å². The molecule has 2 aliphatic heterocycles. The molecule has 1 N–H and O–H groups in total. The minimum absolute atomic E-state index is 0.0989. The molecule has 0 spiro atoms.